The number of benzene rings is 2. The lowest BCUT2D eigenvalue weighted by Gasteiger charge is -2.04. The number of hydrogen-bond donors (Lipinski definition) is 2. The van der Waals surface area contributed by atoms with Crippen molar-refractivity contribution >= 4 is 28.3 Å². The molecule has 1 aromatic heterocycles. The molecule has 0 aliphatic heterocycles. The van der Waals surface area contributed by atoms with Gasteiger partial charge in [-0.3, -0.25) is 9.59 Å². The molecule has 0 bridgehead atoms. The maximum atomic E-state index is 12.0. The Bertz CT molecular complexity index is 847. The molecule has 1 heterocycles. The van der Waals surface area contributed by atoms with E-state index in [4.69, 9.17) is 0 Å². The monoisotopic (exact) mass is 351 g/mol. The number of hydrogen-bond acceptors (Lipinski definition) is 4. The molecule has 2 N–H and O–H groups in total. The molecule has 3 rings (SSSR count). The molecule has 0 radical (unpaired) electrons. The zero-order valence-electron chi connectivity index (χ0n) is 13.4. The van der Waals surface area contributed by atoms with E-state index in [2.05, 4.69) is 27.8 Å². The van der Waals surface area contributed by atoms with E-state index < -0.39 is 0 Å². The summed E-state index contributed by atoms with van der Waals surface area (Å²) in [6.45, 7) is -0.0959. The van der Waals surface area contributed by atoms with Gasteiger partial charge in [0, 0.05) is 23.1 Å². The number of rotatable bonds is 6. The van der Waals surface area contributed by atoms with Gasteiger partial charge in [-0.2, -0.15) is 0 Å². The second-order valence-electron chi connectivity index (χ2n) is 5.39. The first-order valence-electron chi connectivity index (χ1n) is 7.82. The lowest BCUT2D eigenvalue weighted by Crippen LogP contribution is -2.32. The van der Waals surface area contributed by atoms with Crippen LogP contribution in [0.5, 0.6) is 0 Å². The van der Waals surface area contributed by atoms with Crippen molar-refractivity contribution in [2.75, 3.05) is 11.9 Å². The fraction of sp³-hybridized carbons (Fsp3) is 0.105. The highest BCUT2D eigenvalue weighted by atomic mass is 32.1. The van der Waals surface area contributed by atoms with Crippen LogP contribution in [0.3, 0.4) is 0 Å². The third-order valence-corrected chi connectivity index (χ3v) is 4.38. The summed E-state index contributed by atoms with van der Waals surface area (Å²) in [6.07, 6.45) is 2.54. The molecule has 6 heteroatoms. The molecule has 2 aromatic carbocycles. The molecule has 0 spiro atoms. The number of carbonyl (C=O) groups excluding carboxylic acids is 2. The minimum Gasteiger partial charge on any atom is -0.343 e. The second-order valence-corrected chi connectivity index (χ2v) is 6.51. The molecule has 0 aliphatic rings. The predicted octanol–water partition coefficient (Wildman–Crippen LogP) is 3.10. The van der Waals surface area contributed by atoms with Gasteiger partial charge in [0.15, 0.2) is 5.13 Å². The average Bonchev–Trinajstić information content (AvgIpc) is 3.08. The third-order valence-electron chi connectivity index (χ3n) is 3.47. The number of aromatic nitrogens is 1. The average molecular weight is 351 g/mol. The highest BCUT2D eigenvalue weighted by Crippen LogP contribution is 2.20. The Hall–Kier alpha value is -2.99. The van der Waals surface area contributed by atoms with Gasteiger partial charge in [0.25, 0.3) is 5.91 Å². The topological polar surface area (TPSA) is 71.1 Å². The van der Waals surface area contributed by atoms with Gasteiger partial charge >= 0.3 is 0 Å². The van der Waals surface area contributed by atoms with Crippen LogP contribution in [-0.2, 0) is 11.2 Å². The summed E-state index contributed by atoms with van der Waals surface area (Å²) in [6, 6.07) is 18.9. The van der Waals surface area contributed by atoms with Crippen molar-refractivity contribution in [1.82, 2.24) is 10.3 Å². The van der Waals surface area contributed by atoms with E-state index in [0.717, 1.165) is 11.3 Å². The van der Waals surface area contributed by atoms with Crippen molar-refractivity contribution in [3.8, 4) is 0 Å². The molecular weight excluding hydrogens is 334 g/mol. The largest absolute Gasteiger partial charge is 0.343 e. The quantitative estimate of drug-likeness (QED) is 0.717. The number of carbonyl (C=O) groups is 2. The van der Waals surface area contributed by atoms with Crippen LogP contribution in [0, 0.1) is 0 Å². The van der Waals surface area contributed by atoms with Crippen LogP contribution in [0.1, 0.15) is 20.8 Å². The minimum atomic E-state index is -0.301. The molecule has 126 valence electrons. The molecule has 0 atom stereocenters. The standard InChI is InChI=1S/C19H17N3O2S/c23-17(13-20-18(24)15-9-5-2-6-10-15)22-19-21-12-16(25-19)11-14-7-3-1-4-8-14/h1-10,12H,11,13H2,(H,20,24)(H,21,22,23). The van der Waals surface area contributed by atoms with Crippen LogP contribution in [-0.4, -0.2) is 23.3 Å². The zero-order valence-corrected chi connectivity index (χ0v) is 14.3. The molecule has 2 amide bonds. The fourth-order valence-corrected chi connectivity index (χ4v) is 3.12. The van der Waals surface area contributed by atoms with Gasteiger partial charge in [0.2, 0.25) is 5.91 Å². The van der Waals surface area contributed by atoms with Crippen molar-refractivity contribution in [3.63, 3.8) is 0 Å². The van der Waals surface area contributed by atoms with Crippen molar-refractivity contribution in [3.05, 3.63) is 82.9 Å². The fourth-order valence-electron chi connectivity index (χ4n) is 2.26. The Kier molecular flexibility index (Phi) is 5.53. The van der Waals surface area contributed by atoms with E-state index in [1.165, 1.54) is 16.9 Å². The van der Waals surface area contributed by atoms with Crippen molar-refractivity contribution in [2.45, 2.75) is 6.42 Å². The van der Waals surface area contributed by atoms with Crippen molar-refractivity contribution < 1.29 is 9.59 Å². The minimum absolute atomic E-state index is 0.0959. The Morgan fingerprint density at radius 3 is 2.36 bits per heavy atom. The molecule has 3 aromatic rings. The highest BCUT2D eigenvalue weighted by Gasteiger charge is 2.10. The molecule has 0 unspecified atom stereocenters. The molecule has 0 aliphatic carbocycles. The van der Waals surface area contributed by atoms with Crippen LogP contribution in [0.15, 0.2) is 66.9 Å². The highest BCUT2D eigenvalue weighted by molar-refractivity contribution is 7.15. The van der Waals surface area contributed by atoms with Crippen LogP contribution in [0.2, 0.25) is 0 Å². The Balaban J connectivity index is 1.49. The first-order valence-corrected chi connectivity index (χ1v) is 8.64. The first-order chi connectivity index (χ1) is 12.2. The summed E-state index contributed by atoms with van der Waals surface area (Å²) in [5, 5.41) is 5.83. The van der Waals surface area contributed by atoms with Gasteiger partial charge in [-0.05, 0) is 17.7 Å². The van der Waals surface area contributed by atoms with E-state index in [1.807, 2.05) is 24.3 Å². The number of nitrogens with one attached hydrogen (secondary N) is 2. The number of nitrogens with zero attached hydrogens (tertiary/aromatic N) is 1. The van der Waals surface area contributed by atoms with Crippen LogP contribution in [0.25, 0.3) is 0 Å². The van der Waals surface area contributed by atoms with Gasteiger partial charge in [-0.1, -0.05) is 48.5 Å². The Labute approximate surface area is 149 Å². The van der Waals surface area contributed by atoms with E-state index >= 15 is 0 Å². The Morgan fingerprint density at radius 1 is 0.960 bits per heavy atom. The van der Waals surface area contributed by atoms with Crippen LogP contribution >= 0.6 is 11.3 Å². The van der Waals surface area contributed by atoms with Gasteiger partial charge in [0.05, 0.1) is 6.54 Å². The van der Waals surface area contributed by atoms with Gasteiger partial charge in [0.1, 0.15) is 0 Å². The van der Waals surface area contributed by atoms with Gasteiger partial charge < -0.3 is 10.6 Å². The summed E-state index contributed by atoms with van der Waals surface area (Å²) in [7, 11) is 0. The van der Waals surface area contributed by atoms with E-state index in [-0.39, 0.29) is 18.4 Å². The lowest BCUT2D eigenvalue weighted by atomic mass is 10.1. The maximum absolute atomic E-state index is 12.0. The van der Waals surface area contributed by atoms with Crippen LogP contribution in [0.4, 0.5) is 5.13 Å². The van der Waals surface area contributed by atoms with Crippen molar-refractivity contribution in [2.24, 2.45) is 0 Å². The van der Waals surface area contributed by atoms with E-state index in [0.29, 0.717) is 10.7 Å². The summed E-state index contributed by atoms with van der Waals surface area (Å²) in [5.41, 5.74) is 1.72. The molecular formula is C19H17N3O2S. The van der Waals surface area contributed by atoms with Crippen LogP contribution < -0.4 is 10.6 Å². The maximum Gasteiger partial charge on any atom is 0.251 e. The van der Waals surface area contributed by atoms with Gasteiger partial charge in [-0.15, -0.1) is 11.3 Å². The normalized spacial score (nSPS) is 10.2. The smallest absolute Gasteiger partial charge is 0.251 e. The summed E-state index contributed by atoms with van der Waals surface area (Å²) >= 11 is 1.43. The molecule has 5 nitrogen and oxygen atoms in total. The number of anilines is 1. The number of thiazole rings is 1. The second kappa shape index (κ2) is 8.21. The first kappa shape index (κ1) is 16.9. The third kappa shape index (κ3) is 4.99. The van der Waals surface area contributed by atoms with E-state index in [1.54, 1.807) is 30.5 Å². The lowest BCUT2D eigenvalue weighted by molar-refractivity contribution is -0.115. The molecule has 0 saturated carbocycles. The van der Waals surface area contributed by atoms with E-state index in [9.17, 15) is 9.59 Å². The zero-order chi connectivity index (χ0) is 17.5. The summed E-state index contributed by atoms with van der Waals surface area (Å²) < 4.78 is 0. The Morgan fingerprint density at radius 2 is 1.64 bits per heavy atom. The molecule has 25 heavy (non-hydrogen) atoms. The summed E-state index contributed by atoms with van der Waals surface area (Å²) in [4.78, 5) is 29.1. The number of amides is 2. The molecule has 0 fully saturated rings. The van der Waals surface area contributed by atoms with Gasteiger partial charge in [-0.25, -0.2) is 4.98 Å². The summed E-state index contributed by atoms with van der Waals surface area (Å²) in [5.74, 6) is -0.579. The van der Waals surface area contributed by atoms with Crippen molar-refractivity contribution in [1.29, 1.82) is 0 Å². The molecule has 0 saturated heterocycles. The predicted molar refractivity (Wildman–Crippen MR) is 98.8 cm³/mol. The SMILES string of the molecule is O=C(CNC(=O)c1ccccc1)Nc1ncc(Cc2ccccc2)s1.